The van der Waals surface area contributed by atoms with Crippen LogP contribution in [0.1, 0.15) is 5.56 Å². The van der Waals surface area contributed by atoms with E-state index < -0.39 is 11.7 Å². The monoisotopic (exact) mass is 243 g/mol. The van der Waals surface area contributed by atoms with Gasteiger partial charge in [0.2, 0.25) is 5.91 Å². The largest absolute Gasteiger partial charge is 0.395 e. The molecule has 0 heterocycles. The molecule has 0 aliphatic heterocycles. The molecular weight excluding hydrogens is 233 g/mol. The van der Waals surface area contributed by atoms with Crippen LogP contribution < -0.4 is 5.32 Å². The van der Waals surface area contributed by atoms with E-state index in [9.17, 15) is 9.18 Å². The fourth-order valence-electron chi connectivity index (χ4n) is 1.07. The molecular formula is C11H11ClFNO2. The fourth-order valence-corrected chi connectivity index (χ4v) is 1.29. The van der Waals surface area contributed by atoms with E-state index in [0.717, 1.165) is 0 Å². The van der Waals surface area contributed by atoms with Crippen LogP contribution in [-0.4, -0.2) is 24.2 Å². The van der Waals surface area contributed by atoms with Crippen molar-refractivity contribution < 1.29 is 14.3 Å². The van der Waals surface area contributed by atoms with Gasteiger partial charge in [0, 0.05) is 18.2 Å². The molecule has 5 heteroatoms. The zero-order valence-corrected chi connectivity index (χ0v) is 9.17. The molecule has 0 saturated heterocycles. The average Bonchev–Trinajstić information content (AvgIpc) is 2.25. The summed E-state index contributed by atoms with van der Waals surface area (Å²) in [4.78, 5) is 11.1. The molecule has 0 aliphatic carbocycles. The molecule has 1 amide bonds. The maximum absolute atomic E-state index is 13.2. The second kappa shape index (κ2) is 6.25. The van der Waals surface area contributed by atoms with Crippen LogP contribution in [0.15, 0.2) is 24.3 Å². The molecule has 0 aromatic heterocycles. The van der Waals surface area contributed by atoms with Gasteiger partial charge < -0.3 is 10.4 Å². The van der Waals surface area contributed by atoms with Gasteiger partial charge in [0.05, 0.1) is 11.6 Å². The Balaban J connectivity index is 2.72. The van der Waals surface area contributed by atoms with Crippen molar-refractivity contribution in [2.75, 3.05) is 13.2 Å². The van der Waals surface area contributed by atoms with Crippen LogP contribution in [-0.2, 0) is 4.79 Å². The van der Waals surface area contributed by atoms with Crippen molar-refractivity contribution in [3.05, 3.63) is 40.7 Å². The lowest BCUT2D eigenvalue weighted by Gasteiger charge is -2.00. The molecule has 0 spiro atoms. The van der Waals surface area contributed by atoms with Crippen LogP contribution in [0.3, 0.4) is 0 Å². The van der Waals surface area contributed by atoms with Crippen LogP contribution in [0, 0.1) is 5.82 Å². The number of nitrogens with one attached hydrogen (secondary N) is 1. The predicted octanol–water partition coefficient (Wildman–Crippen LogP) is 1.60. The van der Waals surface area contributed by atoms with E-state index in [1.807, 2.05) is 0 Å². The molecule has 0 bridgehead atoms. The highest BCUT2D eigenvalue weighted by Gasteiger charge is 2.03. The Labute approximate surface area is 97.5 Å². The molecule has 16 heavy (non-hydrogen) atoms. The molecule has 0 radical (unpaired) electrons. The van der Waals surface area contributed by atoms with E-state index in [-0.39, 0.29) is 23.7 Å². The second-order valence-electron chi connectivity index (χ2n) is 2.98. The number of hydrogen-bond acceptors (Lipinski definition) is 2. The van der Waals surface area contributed by atoms with Gasteiger partial charge in [-0.2, -0.15) is 0 Å². The average molecular weight is 244 g/mol. The lowest BCUT2D eigenvalue weighted by molar-refractivity contribution is -0.116. The van der Waals surface area contributed by atoms with Gasteiger partial charge in [0.1, 0.15) is 5.82 Å². The smallest absolute Gasteiger partial charge is 0.244 e. The van der Waals surface area contributed by atoms with E-state index in [0.29, 0.717) is 0 Å². The van der Waals surface area contributed by atoms with E-state index in [1.54, 1.807) is 0 Å². The van der Waals surface area contributed by atoms with Crippen LogP contribution in [0.2, 0.25) is 5.02 Å². The summed E-state index contributed by atoms with van der Waals surface area (Å²) in [5.74, 6) is -0.896. The summed E-state index contributed by atoms with van der Waals surface area (Å²) < 4.78 is 13.2. The molecule has 1 rings (SSSR count). The fraction of sp³-hybridized carbons (Fsp3) is 0.182. The first-order chi connectivity index (χ1) is 7.65. The normalized spacial score (nSPS) is 10.7. The molecule has 2 N–H and O–H groups in total. The number of hydrogen-bond donors (Lipinski definition) is 2. The van der Waals surface area contributed by atoms with Crippen LogP contribution in [0.4, 0.5) is 4.39 Å². The van der Waals surface area contributed by atoms with Crippen molar-refractivity contribution >= 4 is 23.6 Å². The Kier molecular flexibility index (Phi) is 4.95. The molecule has 86 valence electrons. The number of carbonyl (C=O) groups is 1. The zero-order chi connectivity index (χ0) is 12.0. The van der Waals surface area contributed by atoms with Crippen molar-refractivity contribution in [1.29, 1.82) is 0 Å². The van der Waals surface area contributed by atoms with E-state index in [2.05, 4.69) is 5.32 Å². The van der Waals surface area contributed by atoms with Gasteiger partial charge in [-0.3, -0.25) is 4.79 Å². The molecule has 1 aromatic carbocycles. The van der Waals surface area contributed by atoms with Gasteiger partial charge in [-0.05, 0) is 18.2 Å². The van der Waals surface area contributed by atoms with Crippen LogP contribution in [0.25, 0.3) is 6.08 Å². The van der Waals surface area contributed by atoms with Gasteiger partial charge in [-0.1, -0.05) is 17.7 Å². The Morgan fingerprint density at radius 3 is 2.94 bits per heavy atom. The van der Waals surface area contributed by atoms with E-state index in [1.165, 1.54) is 30.4 Å². The van der Waals surface area contributed by atoms with Crippen molar-refractivity contribution in [3.63, 3.8) is 0 Å². The number of carbonyl (C=O) groups excluding carboxylic acids is 1. The van der Waals surface area contributed by atoms with Gasteiger partial charge in [0.15, 0.2) is 0 Å². The van der Waals surface area contributed by atoms with Gasteiger partial charge >= 0.3 is 0 Å². The Morgan fingerprint density at radius 2 is 2.31 bits per heavy atom. The van der Waals surface area contributed by atoms with E-state index >= 15 is 0 Å². The highest BCUT2D eigenvalue weighted by Crippen LogP contribution is 2.19. The third kappa shape index (κ3) is 3.64. The minimum Gasteiger partial charge on any atom is -0.395 e. The summed E-state index contributed by atoms with van der Waals surface area (Å²) in [7, 11) is 0. The maximum Gasteiger partial charge on any atom is 0.244 e. The lowest BCUT2D eigenvalue weighted by Crippen LogP contribution is -2.24. The van der Waals surface area contributed by atoms with Crippen molar-refractivity contribution in [2.45, 2.75) is 0 Å². The maximum atomic E-state index is 13.2. The number of amides is 1. The van der Waals surface area contributed by atoms with Gasteiger partial charge in [-0.25, -0.2) is 4.39 Å². The Hall–Kier alpha value is -1.39. The molecule has 0 unspecified atom stereocenters. The SMILES string of the molecule is O=C(/C=C/c1c(F)cccc1Cl)NCCO. The quantitative estimate of drug-likeness (QED) is 0.790. The highest BCUT2D eigenvalue weighted by molar-refractivity contribution is 6.32. The van der Waals surface area contributed by atoms with Crippen LogP contribution in [0.5, 0.6) is 0 Å². The first-order valence-corrected chi connectivity index (χ1v) is 5.03. The summed E-state index contributed by atoms with van der Waals surface area (Å²) in [5.41, 5.74) is 0.170. The summed E-state index contributed by atoms with van der Waals surface area (Å²) in [6, 6.07) is 4.29. The summed E-state index contributed by atoms with van der Waals surface area (Å²) in [5, 5.41) is 11.1. The second-order valence-corrected chi connectivity index (χ2v) is 3.39. The number of halogens is 2. The number of benzene rings is 1. The zero-order valence-electron chi connectivity index (χ0n) is 8.41. The van der Waals surface area contributed by atoms with Crippen LogP contribution >= 0.6 is 11.6 Å². The third-order valence-electron chi connectivity index (χ3n) is 1.81. The molecule has 1 aromatic rings. The van der Waals surface area contributed by atoms with Crippen molar-refractivity contribution in [3.8, 4) is 0 Å². The molecule has 0 saturated carbocycles. The Bertz CT molecular complexity index is 387. The standard InChI is InChI=1S/C11H11ClFNO2/c12-9-2-1-3-10(13)8(9)4-5-11(16)14-6-7-15/h1-5,15H,6-7H2,(H,14,16)/b5-4+. The number of rotatable bonds is 4. The topological polar surface area (TPSA) is 49.3 Å². The first kappa shape index (κ1) is 12.7. The van der Waals surface area contributed by atoms with Gasteiger partial charge in [0.25, 0.3) is 0 Å². The van der Waals surface area contributed by atoms with Gasteiger partial charge in [-0.15, -0.1) is 0 Å². The number of aliphatic hydroxyl groups excluding tert-OH is 1. The summed E-state index contributed by atoms with van der Waals surface area (Å²) >= 11 is 5.75. The summed E-state index contributed by atoms with van der Waals surface area (Å²) in [6.07, 6.45) is 2.46. The Morgan fingerprint density at radius 1 is 1.56 bits per heavy atom. The molecule has 0 aliphatic rings. The predicted molar refractivity (Wildman–Crippen MR) is 60.5 cm³/mol. The minimum atomic E-state index is -0.487. The minimum absolute atomic E-state index is 0.139. The van der Waals surface area contributed by atoms with Crippen molar-refractivity contribution in [2.24, 2.45) is 0 Å². The summed E-state index contributed by atoms with van der Waals surface area (Å²) in [6.45, 7) is 0.0220. The third-order valence-corrected chi connectivity index (χ3v) is 2.14. The molecule has 0 atom stereocenters. The molecule has 0 fully saturated rings. The lowest BCUT2D eigenvalue weighted by atomic mass is 10.2. The highest BCUT2D eigenvalue weighted by atomic mass is 35.5. The number of aliphatic hydroxyl groups is 1. The first-order valence-electron chi connectivity index (χ1n) is 4.66. The van der Waals surface area contributed by atoms with Crippen molar-refractivity contribution in [1.82, 2.24) is 5.32 Å². The molecule has 3 nitrogen and oxygen atoms in total. The van der Waals surface area contributed by atoms with E-state index in [4.69, 9.17) is 16.7 Å².